The van der Waals surface area contributed by atoms with Crippen LogP contribution in [0.2, 0.25) is 0 Å². The van der Waals surface area contributed by atoms with Gasteiger partial charge in [-0.3, -0.25) is 19.2 Å². The number of alkyl halides is 1. The lowest BCUT2D eigenvalue weighted by atomic mass is 9.52. The Morgan fingerprint density at radius 2 is 1.82 bits per heavy atom. The normalized spacial score (nSPS) is 42.2. The van der Waals surface area contributed by atoms with Gasteiger partial charge in [0.15, 0.2) is 11.7 Å². The first-order valence-electron chi connectivity index (χ1n) is 13.7. The molecule has 0 spiro atoms. The molecule has 1 heterocycles. The fourth-order valence-corrected chi connectivity index (χ4v) is 6.69. The molecule has 0 aromatic rings. The molecule has 224 valence electrons. The van der Waals surface area contributed by atoms with Crippen LogP contribution in [0.1, 0.15) is 67.7 Å². The van der Waals surface area contributed by atoms with Crippen LogP contribution in [0.4, 0.5) is 0 Å². The van der Waals surface area contributed by atoms with E-state index < -0.39 is 88.0 Å². The second kappa shape index (κ2) is 11.4. The van der Waals surface area contributed by atoms with Crippen LogP contribution in [0.3, 0.4) is 0 Å². The number of esters is 4. The Kier molecular flexibility index (Phi) is 9.19. The number of carbonyl (C=O) groups excluding carboxylic acids is 4. The topological polar surface area (TPSA) is 146 Å². The van der Waals surface area contributed by atoms with E-state index in [2.05, 4.69) is 6.58 Å². The monoisotopic (exact) mass is 584 g/mol. The lowest BCUT2D eigenvalue weighted by molar-refractivity contribution is -0.266. The van der Waals surface area contributed by atoms with Crippen LogP contribution in [-0.2, 0) is 38.1 Å². The van der Waals surface area contributed by atoms with E-state index >= 15 is 0 Å². The summed E-state index contributed by atoms with van der Waals surface area (Å²) >= 11 is 6.72. The van der Waals surface area contributed by atoms with Crippen molar-refractivity contribution in [1.82, 2.24) is 0 Å². The van der Waals surface area contributed by atoms with Gasteiger partial charge >= 0.3 is 23.9 Å². The van der Waals surface area contributed by atoms with Crippen molar-refractivity contribution in [1.29, 1.82) is 0 Å². The van der Waals surface area contributed by atoms with Crippen molar-refractivity contribution in [2.45, 2.75) is 109 Å². The number of hydrogen-bond donors (Lipinski definition) is 2. The van der Waals surface area contributed by atoms with E-state index in [1.807, 2.05) is 0 Å². The summed E-state index contributed by atoms with van der Waals surface area (Å²) in [5.74, 6) is -5.63. The van der Waals surface area contributed by atoms with Crippen molar-refractivity contribution in [3.63, 3.8) is 0 Å². The summed E-state index contributed by atoms with van der Waals surface area (Å²) in [7, 11) is 0. The van der Waals surface area contributed by atoms with E-state index in [-0.39, 0.29) is 24.8 Å². The average molecular weight is 585 g/mol. The predicted octanol–water partition coefficient (Wildman–Crippen LogP) is 3.00. The van der Waals surface area contributed by atoms with Crippen LogP contribution in [0.15, 0.2) is 24.3 Å². The number of rotatable bonds is 5. The second-order valence-corrected chi connectivity index (χ2v) is 12.4. The van der Waals surface area contributed by atoms with Gasteiger partial charge in [-0.15, -0.1) is 11.6 Å². The first-order chi connectivity index (χ1) is 18.4. The van der Waals surface area contributed by atoms with E-state index in [1.54, 1.807) is 33.8 Å². The fourth-order valence-electron chi connectivity index (χ4n) is 6.37. The summed E-state index contributed by atoms with van der Waals surface area (Å²) in [4.78, 5) is 50.8. The molecule has 3 rings (SSSR count). The summed E-state index contributed by atoms with van der Waals surface area (Å²) < 4.78 is 23.0. The number of allylic oxidation sites excluding steroid dienone is 1. The van der Waals surface area contributed by atoms with Crippen LogP contribution < -0.4 is 0 Å². The minimum Gasteiger partial charge on any atom is -0.459 e. The molecule has 3 aliphatic rings. The van der Waals surface area contributed by atoms with Crippen molar-refractivity contribution in [2.24, 2.45) is 23.2 Å². The van der Waals surface area contributed by atoms with Gasteiger partial charge in [0.1, 0.15) is 23.9 Å². The van der Waals surface area contributed by atoms with Crippen molar-refractivity contribution in [3.05, 3.63) is 24.3 Å². The molecule has 10 atom stereocenters. The smallest absolute Gasteiger partial charge is 0.312 e. The maximum Gasteiger partial charge on any atom is 0.312 e. The Hall–Kier alpha value is -2.43. The average Bonchev–Trinajstić information content (AvgIpc) is 3.10. The second-order valence-electron chi connectivity index (χ2n) is 11.9. The summed E-state index contributed by atoms with van der Waals surface area (Å²) in [6.07, 6.45) is -1.53. The summed E-state index contributed by atoms with van der Waals surface area (Å²) in [6.45, 7) is 14.6. The van der Waals surface area contributed by atoms with Crippen LogP contribution in [-0.4, -0.2) is 75.1 Å². The van der Waals surface area contributed by atoms with Crippen molar-refractivity contribution >= 4 is 35.5 Å². The van der Waals surface area contributed by atoms with E-state index in [4.69, 9.17) is 30.5 Å². The standard InChI is InChI=1S/C29H41ClO10/c1-9-20(32)38-18-11-10-15(4)21(30)23-29(36,16(5)26(34)40-23)24(37-17(6)31)22-27(18,7)13-12-19(28(22,8)35)39-25(33)14(2)3/h10-11,14,16,18-19,21-24,35-36H,4,9,12-13H2,1-3,5-8H3/b11-10-/t16-,18+,19-,21-,22+,23-,24+,27+,28+,29-/m0/s1. The molecule has 2 fully saturated rings. The number of ether oxygens (including phenoxy) is 4. The molecule has 2 aliphatic carbocycles. The highest BCUT2D eigenvalue weighted by Gasteiger charge is 2.71. The molecule has 1 saturated heterocycles. The first-order valence-corrected chi connectivity index (χ1v) is 14.1. The van der Waals surface area contributed by atoms with Crippen molar-refractivity contribution < 1.29 is 48.3 Å². The molecule has 2 N–H and O–H groups in total. The molecule has 0 radical (unpaired) electrons. The molecule has 40 heavy (non-hydrogen) atoms. The highest BCUT2D eigenvalue weighted by Crippen LogP contribution is 2.57. The van der Waals surface area contributed by atoms with Gasteiger partial charge < -0.3 is 29.2 Å². The summed E-state index contributed by atoms with van der Waals surface area (Å²) in [6, 6.07) is 0. The Bertz CT molecular complexity index is 1080. The molecule has 0 amide bonds. The highest BCUT2D eigenvalue weighted by molar-refractivity contribution is 6.23. The van der Waals surface area contributed by atoms with Gasteiger partial charge in [0.25, 0.3) is 0 Å². The molecule has 0 aromatic heterocycles. The van der Waals surface area contributed by atoms with Gasteiger partial charge in [-0.1, -0.05) is 40.3 Å². The SMILES string of the molecule is C=C1/C=C\[C@@H](OC(=O)CC)[C@@]2(C)CC[C@H](OC(=O)C(C)C)[C@@](C)(O)[C@@H]2[C@@H](OC(C)=O)[C@]2(O)[C@@H](C)C(=O)O[C@H]2[C@H]1Cl. The van der Waals surface area contributed by atoms with Gasteiger partial charge in [0, 0.05) is 24.7 Å². The zero-order valence-corrected chi connectivity index (χ0v) is 24.9. The van der Waals surface area contributed by atoms with Crippen LogP contribution >= 0.6 is 11.6 Å². The van der Waals surface area contributed by atoms with Gasteiger partial charge in [0.2, 0.25) is 0 Å². The number of fused-ring (bicyclic) bond motifs is 2. The molecule has 10 nitrogen and oxygen atoms in total. The molecule has 0 unspecified atom stereocenters. The van der Waals surface area contributed by atoms with Crippen LogP contribution in [0.5, 0.6) is 0 Å². The quantitative estimate of drug-likeness (QED) is 0.281. The fraction of sp³-hybridized carbons (Fsp3) is 0.724. The highest BCUT2D eigenvalue weighted by atomic mass is 35.5. The number of halogens is 1. The minimum absolute atomic E-state index is 0.0634. The van der Waals surface area contributed by atoms with Crippen molar-refractivity contribution in [2.75, 3.05) is 0 Å². The Labute approximate surface area is 240 Å². The van der Waals surface area contributed by atoms with Gasteiger partial charge in [0.05, 0.1) is 17.2 Å². The maximum absolute atomic E-state index is 12.9. The van der Waals surface area contributed by atoms with Crippen LogP contribution in [0, 0.1) is 23.2 Å². The zero-order valence-electron chi connectivity index (χ0n) is 24.1. The lowest BCUT2D eigenvalue weighted by Crippen LogP contribution is -2.71. The maximum atomic E-state index is 12.9. The largest absolute Gasteiger partial charge is 0.459 e. The Morgan fingerprint density at radius 3 is 2.38 bits per heavy atom. The molecule has 0 aromatic carbocycles. The van der Waals surface area contributed by atoms with Crippen LogP contribution in [0.25, 0.3) is 0 Å². The third-order valence-electron chi connectivity index (χ3n) is 8.77. The van der Waals surface area contributed by atoms with Gasteiger partial charge in [-0.25, -0.2) is 0 Å². The van der Waals surface area contributed by atoms with E-state index in [0.717, 1.165) is 6.92 Å². The third-order valence-corrected chi connectivity index (χ3v) is 9.28. The predicted molar refractivity (Wildman–Crippen MR) is 144 cm³/mol. The third kappa shape index (κ3) is 5.42. The molecule has 11 heteroatoms. The number of aliphatic hydroxyl groups is 2. The lowest BCUT2D eigenvalue weighted by Gasteiger charge is -2.58. The van der Waals surface area contributed by atoms with E-state index in [0.29, 0.717) is 0 Å². The number of carbonyl (C=O) groups is 4. The number of hydrogen-bond acceptors (Lipinski definition) is 10. The molecule has 0 bridgehead atoms. The summed E-state index contributed by atoms with van der Waals surface area (Å²) in [5, 5.41) is 23.5. The van der Waals surface area contributed by atoms with Gasteiger partial charge in [-0.05, 0) is 38.3 Å². The summed E-state index contributed by atoms with van der Waals surface area (Å²) in [5.41, 5.74) is -5.15. The molecular formula is C29H41ClO10. The van der Waals surface area contributed by atoms with Gasteiger partial charge in [-0.2, -0.15) is 0 Å². The van der Waals surface area contributed by atoms with Crippen molar-refractivity contribution in [3.8, 4) is 0 Å². The van der Waals surface area contributed by atoms with E-state index in [1.165, 1.54) is 19.9 Å². The zero-order chi connectivity index (χ0) is 30.4. The first kappa shape index (κ1) is 32.1. The van der Waals surface area contributed by atoms with E-state index in [9.17, 15) is 29.4 Å². The molecular weight excluding hydrogens is 544 g/mol. The minimum atomic E-state index is -2.25. The Morgan fingerprint density at radius 1 is 1.20 bits per heavy atom. The molecule has 1 aliphatic heterocycles. The Balaban J connectivity index is 2.36. The molecule has 1 saturated carbocycles.